The van der Waals surface area contributed by atoms with E-state index in [2.05, 4.69) is 21.2 Å². The van der Waals surface area contributed by atoms with Crippen LogP contribution in [0.5, 0.6) is 0 Å². The maximum atomic E-state index is 8.93. The molecule has 3 aromatic rings. The minimum Gasteiger partial charge on any atom is -0.345 e. The summed E-state index contributed by atoms with van der Waals surface area (Å²) in [5, 5.41) is 12.9. The third kappa shape index (κ3) is 2.41. The fourth-order valence-corrected chi connectivity index (χ4v) is 2.25. The van der Waals surface area contributed by atoms with Gasteiger partial charge >= 0.3 is 0 Å². The predicted molar refractivity (Wildman–Crippen MR) is 76.1 cm³/mol. The molecular formula is C15H13N5O. The standard InChI is InChI=1S/C15H13N5O/c1-9-4-12(5-10(2)17-9)14-18-15(21-19-14)13-6-11(7-16)8-20(13)3/h4-6,8H,1-3H3. The largest absolute Gasteiger partial charge is 0.345 e. The quantitative estimate of drug-likeness (QED) is 0.720. The van der Waals surface area contributed by atoms with E-state index < -0.39 is 0 Å². The Balaban J connectivity index is 2.03. The van der Waals surface area contributed by atoms with Crippen molar-refractivity contribution in [1.29, 1.82) is 5.26 Å². The number of aromatic nitrogens is 4. The van der Waals surface area contributed by atoms with E-state index in [4.69, 9.17) is 9.78 Å². The molecule has 0 aliphatic heterocycles. The Hall–Kier alpha value is -2.94. The molecular weight excluding hydrogens is 266 g/mol. The molecule has 0 fully saturated rings. The highest BCUT2D eigenvalue weighted by Crippen LogP contribution is 2.24. The Labute approximate surface area is 121 Å². The molecule has 104 valence electrons. The first-order valence-electron chi connectivity index (χ1n) is 6.43. The molecule has 0 N–H and O–H groups in total. The molecule has 3 aromatic heterocycles. The van der Waals surface area contributed by atoms with E-state index >= 15 is 0 Å². The van der Waals surface area contributed by atoms with Crippen molar-refractivity contribution in [2.24, 2.45) is 7.05 Å². The fraction of sp³-hybridized carbons (Fsp3) is 0.200. The molecule has 0 aromatic carbocycles. The van der Waals surface area contributed by atoms with Crippen molar-refractivity contribution in [3.63, 3.8) is 0 Å². The van der Waals surface area contributed by atoms with Gasteiger partial charge in [-0.25, -0.2) is 0 Å². The molecule has 0 spiro atoms. The molecule has 0 amide bonds. The number of nitriles is 1. The van der Waals surface area contributed by atoms with Crippen LogP contribution < -0.4 is 0 Å². The second-order valence-corrected chi connectivity index (χ2v) is 4.90. The average molecular weight is 279 g/mol. The molecule has 6 nitrogen and oxygen atoms in total. The van der Waals surface area contributed by atoms with Crippen LogP contribution in [0, 0.1) is 25.2 Å². The van der Waals surface area contributed by atoms with Gasteiger partial charge in [0.2, 0.25) is 5.82 Å². The monoisotopic (exact) mass is 279 g/mol. The summed E-state index contributed by atoms with van der Waals surface area (Å²) in [5.74, 6) is 0.902. The maximum Gasteiger partial charge on any atom is 0.274 e. The van der Waals surface area contributed by atoms with Crippen molar-refractivity contribution in [2.45, 2.75) is 13.8 Å². The lowest BCUT2D eigenvalue weighted by Gasteiger charge is -1.99. The van der Waals surface area contributed by atoms with Crippen molar-refractivity contribution < 1.29 is 4.52 Å². The summed E-state index contributed by atoms with van der Waals surface area (Å²) in [6.07, 6.45) is 1.72. The van der Waals surface area contributed by atoms with E-state index in [1.807, 2.05) is 33.0 Å². The van der Waals surface area contributed by atoms with Crippen LogP contribution in [0.2, 0.25) is 0 Å². The number of rotatable bonds is 2. The van der Waals surface area contributed by atoms with Crippen LogP contribution in [0.25, 0.3) is 23.0 Å². The number of pyridine rings is 1. The lowest BCUT2D eigenvalue weighted by atomic mass is 10.2. The van der Waals surface area contributed by atoms with Crippen molar-refractivity contribution >= 4 is 0 Å². The van der Waals surface area contributed by atoms with Crippen LogP contribution >= 0.6 is 0 Å². The Morgan fingerprint density at radius 1 is 1.14 bits per heavy atom. The smallest absolute Gasteiger partial charge is 0.274 e. The van der Waals surface area contributed by atoms with Crippen LogP contribution in [0.15, 0.2) is 28.9 Å². The van der Waals surface area contributed by atoms with Gasteiger partial charge in [-0.2, -0.15) is 10.2 Å². The van der Waals surface area contributed by atoms with E-state index in [0.29, 0.717) is 23.0 Å². The minimum absolute atomic E-state index is 0.390. The van der Waals surface area contributed by atoms with Crippen LogP contribution in [0.3, 0.4) is 0 Å². The highest BCUT2D eigenvalue weighted by atomic mass is 16.5. The van der Waals surface area contributed by atoms with Gasteiger partial charge in [-0.3, -0.25) is 4.98 Å². The van der Waals surface area contributed by atoms with E-state index in [1.165, 1.54) is 0 Å². The van der Waals surface area contributed by atoms with Gasteiger partial charge in [0.1, 0.15) is 11.8 Å². The highest BCUT2D eigenvalue weighted by Gasteiger charge is 2.15. The number of nitrogens with zero attached hydrogens (tertiary/aromatic N) is 5. The third-order valence-corrected chi connectivity index (χ3v) is 3.12. The van der Waals surface area contributed by atoms with E-state index in [0.717, 1.165) is 17.0 Å². The van der Waals surface area contributed by atoms with Crippen molar-refractivity contribution in [3.05, 3.63) is 41.3 Å². The van der Waals surface area contributed by atoms with Gasteiger partial charge in [0, 0.05) is 30.2 Å². The van der Waals surface area contributed by atoms with E-state index in [1.54, 1.807) is 16.8 Å². The van der Waals surface area contributed by atoms with Crippen molar-refractivity contribution in [1.82, 2.24) is 19.7 Å². The number of aryl methyl sites for hydroxylation is 3. The molecule has 0 radical (unpaired) electrons. The Kier molecular flexibility index (Phi) is 3.03. The molecule has 0 aliphatic carbocycles. The second kappa shape index (κ2) is 4.87. The first-order valence-corrected chi connectivity index (χ1v) is 6.43. The molecule has 3 heterocycles. The Morgan fingerprint density at radius 2 is 1.86 bits per heavy atom. The van der Waals surface area contributed by atoms with Crippen molar-refractivity contribution in [3.8, 4) is 29.0 Å². The lowest BCUT2D eigenvalue weighted by Crippen LogP contribution is -1.91. The van der Waals surface area contributed by atoms with Gasteiger partial charge in [-0.1, -0.05) is 5.16 Å². The number of hydrogen-bond acceptors (Lipinski definition) is 5. The molecule has 3 rings (SSSR count). The van der Waals surface area contributed by atoms with E-state index in [9.17, 15) is 0 Å². The Morgan fingerprint density at radius 3 is 2.48 bits per heavy atom. The minimum atomic E-state index is 0.390. The zero-order valence-electron chi connectivity index (χ0n) is 12.0. The fourth-order valence-electron chi connectivity index (χ4n) is 2.25. The molecule has 0 saturated carbocycles. The van der Waals surface area contributed by atoms with Crippen LogP contribution in [-0.4, -0.2) is 19.7 Å². The summed E-state index contributed by atoms with van der Waals surface area (Å²) < 4.78 is 7.10. The van der Waals surface area contributed by atoms with Crippen LogP contribution in [0.4, 0.5) is 0 Å². The molecule has 0 aliphatic rings. The predicted octanol–water partition coefficient (Wildman–Crippen LogP) is 2.63. The normalized spacial score (nSPS) is 10.6. The van der Waals surface area contributed by atoms with Gasteiger partial charge < -0.3 is 9.09 Å². The molecule has 0 atom stereocenters. The zero-order valence-corrected chi connectivity index (χ0v) is 12.0. The average Bonchev–Trinajstić information content (AvgIpc) is 3.03. The van der Waals surface area contributed by atoms with Gasteiger partial charge in [-0.15, -0.1) is 0 Å². The maximum absolute atomic E-state index is 8.93. The molecule has 0 unspecified atom stereocenters. The second-order valence-electron chi connectivity index (χ2n) is 4.90. The lowest BCUT2D eigenvalue weighted by molar-refractivity contribution is 0.429. The Bertz CT molecular complexity index is 833. The molecule has 6 heteroatoms. The topological polar surface area (TPSA) is 80.5 Å². The summed E-state index contributed by atoms with van der Waals surface area (Å²) in [6, 6.07) is 7.64. The molecule has 0 bridgehead atoms. The van der Waals surface area contributed by atoms with Gasteiger partial charge in [0.15, 0.2) is 0 Å². The first kappa shape index (κ1) is 13.1. The van der Waals surface area contributed by atoms with E-state index in [-0.39, 0.29) is 0 Å². The summed E-state index contributed by atoms with van der Waals surface area (Å²) in [4.78, 5) is 8.73. The third-order valence-electron chi connectivity index (χ3n) is 3.12. The first-order chi connectivity index (χ1) is 10.1. The number of hydrogen-bond donors (Lipinski definition) is 0. The summed E-state index contributed by atoms with van der Waals surface area (Å²) in [6.45, 7) is 3.85. The van der Waals surface area contributed by atoms with Gasteiger partial charge in [0.25, 0.3) is 5.89 Å². The summed E-state index contributed by atoms with van der Waals surface area (Å²) in [5.41, 5.74) is 3.95. The van der Waals surface area contributed by atoms with Gasteiger partial charge in [0.05, 0.1) is 5.56 Å². The molecule has 0 saturated heterocycles. The van der Waals surface area contributed by atoms with Gasteiger partial charge in [-0.05, 0) is 32.0 Å². The van der Waals surface area contributed by atoms with Crippen LogP contribution in [0.1, 0.15) is 17.0 Å². The summed E-state index contributed by atoms with van der Waals surface area (Å²) in [7, 11) is 1.83. The summed E-state index contributed by atoms with van der Waals surface area (Å²) >= 11 is 0. The van der Waals surface area contributed by atoms with Crippen LogP contribution in [-0.2, 0) is 7.05 Å². The molecule has 21 heavy (non-hydrogen) atoms. The highest BCUT2D eigenvalue weighted by molar-refractivity contribution is 5.60. The van der Waals surface area contributed by atoms with Crippen molar-refractivity contribution in [2.75, 3.05) is 0 Å². The SMILES string of the molecule is Cc1cc(-c2noc(-c3cc(C#N)cn3C)n2)cc(C)n1. The zero-order chi connectivity index (χ0) is 15.0.